The van der Waals surface area contributed by atoms with Crippen LogP contribution in [0.2, 0.25) is 0 Å². The first-order valence-electron chi connectivity index (χ1n) is 12.7. The monoisotopic (exact) mass is 421 g/mol. The lowest BCUT2D eigenvalue weighted by Crippen LogP contribution is -2.54. The predicted molar refractivity (Wildman–Crippen MR) is 134 cm³/mol. The number of benzene rings is 1. The minimum absolute atomic E-state index is 0.0548. The molecular weight excluding hydrogens is 378 g/mol. The van der Waals surface area contributed by atoms with Crippen LogP contribution in [0.15, 0.2) is 53.6 Å². The van der Waals surface area contributed by atoms with Gasteiger partial charge in [0, 0.05) is 24.5 Å². The molecule has 3 aliphatic rings. The Labute approximate surface area is 191 Å². The van der Waals surface area contributed by atoms with Gasteiger partial charge >= 0.3 is 0 Å². The number of aryl methyl sites for hydroxylation is 1. The third kappa shape index (κ3) is 4.61. The van der Waals surface area contributed by atoms with Crippen molar-refractivity contribution >= 4 is 0 Å². The molecule has 31 heavy (non-hydrogen) atoms. The van der Waals surface area contributed by atoms with Crippen molar-refractivity contribution in [1.29, 1.82) is 0 Å². The van der Waals surface area contributed by atoms with Gasteiger partial charge in [0.15, 0.2) is 0 Å². The Balaban J connectivity index is 0.00000132. The van der Waals surface area contributed by atoms with Crippen LogP contribution in [0.4, 0.5) is 0 Å². The number of fused-ring (bicyclic) bond motifs is 3. The summed E-state index contributed by atoms with van der Waals surface area (Å²) in [6.45, 7) is 19.3. The Morgan fingerprint density at radius 1 is 1.13 bits per heavy atom. The van der Waals surface area contributed by atoms with Crippen LogP contribution in [-0.2, 0) is 17.6 Å². The Morgan fingerprint density at radius 2 is 1.84 bits per heavy atom. The standard InChI is InChI=1S/C27H37NO.C2H6/c1-5-8-21-9-11-25-23(17-21)19-24-18-22(10-12-26(24)25)20(4)27(6-2,7-3)28-13-15-29-16-14-28;1-2/h9-11,17-18,26H,4-8,12-16,19H2,1-3H3;1-2H3. The molecule has 1 unspecified atom stereocenters. The van der Waals surface area contributed by atoms with Crippen molar-refractivity contribution in [1.82, 2.24) is 4.90 Å². The van der Waals surface area contributed by atoms with Gasteiger partial charge in [0.05, 0.1) is 13.2 Å². The summed E-state index contributed by atoms with van der Waals surface area (Å²) >= 11 is 0. The molecule has 2 aliphatic carbocycles. The molecule has 1 atom stereocenters. The lowest BCUT2D eigenvalue weighted by atomic mass is 9.76. The topological polar surface area (TPSA) is 12.5 Å². The summed E-state index contributed by atoms with van der Waals surface area (Å²) in [5, 5.41) is 0. The van der Waals surface area contributed by atoms with Crippen molar-refractivity contribution in [2.24, 2.45) is 0 Å². The van der Waals surface area contributed by atoms with Gasteiger partial charge in [-0.1, -0.05) is 83.5 Å². The number of hydrogen-bond donors (Lipinski definition) is 0. The minimum Gasteiger partial charge on any atom is -0.379 e. The zero-order valence-electron chi connectivity index (χ0n) is 20.6. The second-order valence-electron chi connectivity index (χ2n) is 8.94. The molecule has 4 rings (SSSR count). The molecule has 0 bridgehead atoms. The molecule has 1 aliphatic heterocycles. The third-order valence-electron chi connectivity index (χ3n) is 7.57. The van der Waals surface area contributed by atoms with Crippen LogP contribution < -0.4 is 0 Å². The molecule has 0 N–H and O–H groups in total. The lowest BCUT2D eigenvalue weighted by molar-refractivity contribution is -0.0116. The molecule has 2 heteroatoms. The second kappa shape index (κ2) is 10.8. The summed E-state index contributed by atoms with van der Waals surface area (Å²) in [4.78, 5) is 2.63. The van der Waals surface area contributed by atoms with Crippen LogP contribution in [0.1, 0.15) is 82.9 Å². The zero-order chi connectivity index (χ0) is 22.4. The van der Waals surface area contributed by atoms with Crippen molar-refractivity contribution in [3.05, 3.63) is 70.3 Å². The van der Waals surface area contributed by atoms with E-state index in [2.05, 4.69) is 62.6 Å². The Bertz CT molecular complexity index is 821. The van der Waals surface area contributed by atoms with E-state index in [0.717, 1.165) is 52.0 Å². The van der Waals surface area contributed by atoms with Gasteiger partial charge in [-0.15, -0.1) is 0 Å². The summed E-state index contributed by atoms with van der Waals surface area (Å²) in [5.41, 5.74) is 8.95. The molecule has 1 saturated heterocycles. The van der Waals surface area contributed by atoms with Crippen LogP contribution in [0, 0.1) is 0 Å². The molecular formula is C29H43NO. The molecule has 1 aromatic carbocycles. The summed E-state index contributed by atoms with van der Waals surface area (Å²) in [5.74, 6) is 0.582. The van der Waals surface area contributed by atoms with E-state index in [4.69, 9.17) is 4.74 Å². The molecule has 1 fully saturated rings. The van der Waals surface area contributed by atoms with E-state index in [-0.39, 0.29) is 5.54 Å². The largest absolute Gasteiger partial charge is 0.379 e. The van der Waals surface area contributed by atoms with Crippen molar-refractivity contribution in [2.45, 2.75) is 84.6 Å². The van der Waals surface area contributed by atoms with Crippen LogP contribution in [0.25, 0.3) is 0 Å². The SMILES string of the molecule is C=C(C1=CCC2C(=C1)Cc1cc(CCC)ccc12)C(CC)(CC)N1CCOCC1.CC. The smallest absolute Gasteiger partial charge is 0.0594 e. The maximum absolute atomic E-state index is 5.63. The fourth-order valence-electron chi connectivity index (χ4n) is 5.86. The van der Waals surface area contributed by atoms with Gasteiger partial charge < -0.3 is 4.74 Å². The normalized spacial score (nSPS) is 20.7. The van der Waals surface area contributed by atoms with Gasteiger partial charge in [0.25, 0.3) is 0 Å². The van der Waals surface area contributed by atoms with Gasteiger partial charge in [-0.25, -0.2) is 0 Å². The Hall–Kier alpha value is -1.64. The molecule has 0 amide bonds. The van der Waals surface area contributed by atoms with Crippen LogP contribution in [0.5, 0.6) is 0 Å². The highest BCUT2D eigenvalue weighted by Crippen LogP contribution is 2.46. The van der Waals surface area contributed by atoms with Crippen LogP contribution >= 0.6 is 0 Å². The first-order chi connectivity index (χ1) is 15.1. The van der Waals surface area contributed by atoms with E-state index in [1.807, 2.05) is 13.8 Å². The zero-order valence-corrected chi connectivity index (χ0v) is 20.6. The fraction of sp³-hybridized carbons (Fsp3) is 0.586. The first kappa shape index (κ1) is 24.0. The molecule has 170 valence electrons. The Kier molecular flexibility index (Phi) is 8.36. The lowest BCUT2D eigenvalue weighted by Gasteiger charge is -2.47. The average molecular weight is 422 g/mol. The van der Waals surface area contributed by atoms with Crippen molar-refractivity contribution in [2.75, 3.05) is 26.3 Å². The quantitative estimate of drug-likeness (QED) is 0.469. The fourth-order valence-corrected chi connectivity index (χ4v) is 5.86. The van der Waals surface area contributed by atoms with E-state index in [1.54, 1.807) is 16.7 Å². The highest BCUT2D eigenvalue weighted by atomic mass is 16.5. The second-order valence-corrected chi connectivity index (χ2v) is 8.94. The van der Waals surface area contributed by atoms with E-state index in [9.17, 15) is 0 Å². The Morgan fingerprint density at radius 3 is 2.48 bits per heavy atom. The number of rotatable bonds is 7. The van der Waals surface area contributed by atoms with Gasteiger partial charge in [-0.05, 0) is 59.9 Å². The molecule has 0 spiro atoms. The highest BCUT2D eigenvalue weighted by Gasteiger charge is 2.39. The van der Waals surface area contributed by atoms with E-state index < -0.39 is 0 Å². The number of allylic oxidation sites excluding steroid dienone is 3. The first-order valence-corrected chi connectivity index (χ1v) is 12.7. The van der Waals surface area contributed by atoms with Gasteiger partial charge in [-0.3, -0.25) is 4.90 Å². The molecule has 0 aromatic heterocycles. The van der Waals surface area contributed by atoms with Gasteiger partial charge in [0.2, 0.25) is 0 Å². The third-order valence-corrected chi connectivity index (χ3v) is 7.57. The molecule has 0 radical (unpaired) electrons. The summed E-state index contributed by atoms with van der Waals surface area (Å²) in [6, 6.07) is 7.21. The molecule has 1 heterocycles. The number of nitrogens with zero attached hydrogens (tertiary/aromatic N) is 1. The highest BCUT2D eigenvalue weighted by molar-refractivity contribution is 5.56. The van der Waals surface area contributed by atoms with Gasteiger partial charge in [-0.2, -0.15) is 0 Å². The predicted octanol–water partition coefficient (Wildman–Crippen LogP) is 7.01. The van der Waals surface area contributed by atoms with Crippen LogP contribution in [-0.4, -0.2) is 36.7 Å². The van der Waals surface area contributed by atoms with Crippen molar-refractivity contribution < 1.29 is 4.74 Å². The molecule has 2 nitrogen and oxygen atoms in total. The van der Waals surface area contributed by atoms with Crippen LogP contribution in [0.3, 0.4) is 0 Å². The summed E-state index contributed by atoms with van der Waals surface area (Å²) in [6.07, 6.45) is 11.8. The van der Waals surface area contributed by atoms with E-state index in [1.165, 1.54) is 29.6 Å². The van der Waals surface area contributed by atoms with E-state index >= 15 is 0 Å². The van der Waals surface area contributed by atoms with Crippen molar-refractivity contribution in [3.63, 3.8) is 0 Å². The van der Waals surface area contributed by atoms with Gasteiger partial charge in [0.1, 0.15) is 0 Å². The summed E-state index contributed by atoms with van der Waals surface area (Å²) in [7, 11) is 0. The molecule has 0 saturated carbocycles. The average Bonchev–Trinajstić information content (AvgIpc) is 3.19. The number of hydrogen-bond acceptors (Lipinski definition) is 2. The number of morpholine rings is 1. The maximum atomic E-state index is 5.63. The maximum Gasteiger partial charge on any atom is 0.0594 e. The van der Waals surface area contributed by atoms with E-state index in [0.29, 0.717) is 5.92 Å². The number of ether oxygens (including phenoxy) is 1. The molecule has 1 aromatic rings. The minimum atomic E-state index is 0.0548. The van der Waals surface area contributed by atoms with Crippen molar-refractivity contribution in [3.8, 4) is 0 Å². The summed E-state index contributed by atoms with van der Waals surface area (Å²) < 4.78 is 5.63.